The van der Waals surface area contributed by atoms with Crippen molar-refractivity contribution >= 4 is 44.2 Å². The summed E-state index contributed by atoms with van der Waals surface area (Å²) in [4.78, 5) is 14.0. The molecule has 1 N–H and O–H groups in total. The first-order valence-electron chi connectivity index (χ1n) is 10.2. The van der Waals surface area contributed by atoms with Gasteiger partial charge in [0, 0.05) is 29.5 Å². The third-order valence-electron chi connectivity index (χ3n) is 5.48. The van der Waals surface area contributed by atoms with Crippen LogP contribution in [-0.2, 0) is 14.8 Å². The van der Waals surface area contributed by atoms with E-state index in [0.717, 1.165) is 21.0 Å². The zero-order valence-corrected chi connectivity index (χ0v) is 20.3. The van der Waals surface area contributed by atoms with E-state index in [9.17, 15) is 13.2 Å². The fourth-order valence-electron chi connectivity index (χ4n) is 3.55. The summed E-state index contributed by atoms with van der Waals surface area (Å²) >= 11 is 2.89. The number of nitrogens with zero attached hydrogens (tertiary/aromatic N) is 3. The van der Waals surface area contributed by atoms with Gasteiger partial charge in [0.05, 0.1) is 4.90 Å². The van der Waals surface area contributed by atoms with Gasteiger partial charge in [-0.15, -0.1) is 22.0 Å². The summed E-state index contributed by atoms with van der Waals surface area (Å²) in [6.45, 7) is 2.65. The summed E-state index contributed by atoms with van der Waals surface area (Å²) in [6, 6.07) is 14.9. The predicted molar refractivity (Wildman–Crippen MR) is 128 cm³/mol. The molecule has 0 aliphatic carbocycles. The highest BCUT2D eigenvalue weighted by Crippen LogP contribution is 2.29. The molecular formula is C22H24N4O3S3. The van der Waals surface area contributed by atoms with Gasteiger partial charge in [0.2, 0.25) is 21.1 Å². The fourth-order valence-corrected chi connectivity index (χ4v) is 6.18. The Kier molecular flexibility index (Phi) is 6.94. The van der Waals surface area contributed by atoms with Crippen LogP contribution in [0.3, 0.4) is 0 Å². The smallest absolute Gasteiger partial charge is 0.243 e. The van der Waals surface area contributed by atoms with Crippen LogP contribution in [0.4, 0.5) is 5.13 Å². The van der Waals surface area contributed by atoms with Crippen LogP contribution in [0.25, 0.3) is 10.6 Å². The van der Waals surface area contributed by atoms with Crippen molar-refractivity contribution in [2.75, 3.05) is 24.7 Å². The highest BCUT2D eigenvalue weighted by molar-refractivity contribution is 7.98. The number of hydrogen-bond acceptors (Lipinski definition) is 7. The molecule has 1 saturated heterocycles. The molecule has 10 heteroatoms. The monoisotopic (exact) mass is 488 g/mol. The van der Waals surface area contributed by atoms with E-state index in [0.29, 0.717) is 31.1 Å². The Morgan fingerprint density at radius 1 is 1.06 bits per heavy atom. The number of sulfonamides is 1. The molecule has 1 amide bonds. The van der Waals surface area contributed by atoms with Crippen molar-refractivity contribution in [3.63, 3.8) is 0 Å². The minimum Gasteiger partial charge on any atom is -0.300 e. The average Bonchev–Trinajstić information content (AvgIpc) is 3.28. The van der Waals surface area contributed by atoms with E-state index in [2.05, 4.69) is 15.5 Å². The van der Waals surface area contributed by atoms with E-state index in [1.54, 1.807) is 23.9 Å². The van der Waals surface area contributed by atoms with Crippen molar-refractivity contribution < 1.29 is 13.2 Å². The van der Waals surface area contributed by atoms with Crippen LogP contribution in [0.15, 0.2) is 58.3 Å². The summed E-state index contributed by atoms with van der Waals surface area (Å²) in [7, 11) is -3.55. The number of carbonyl (C=O) groups excluding carboxylic acids is 1. The van der Waals surface area contributed by atoms with Gasteiger partial charge in [-0.25, -0.2) is 8.42 Å². The van der Waals surface area contributed by atoms with Gasteiger partial charge < -0.3 is 5.32 Å². The molecule has 1 aliphatic heterocycles. The summed E-state index contributed by atoms with van der Waals surface area (Å²) < 4.78 is 27.3. The first kappa shape index (κ1) is 22.9. The number of anilines is 1. The molecule has 1 aliphatic rings. The molecule has 2 aromatic carbocycles. The molecule has 0 spiro atoms. The number of piperidine rings is 1. The Balaban J connectivity index is 1.35. The van der Waals surface area contributed by atoms with Crippen molar-refractivity contribution in [1.82, 2.24) is 14.5 Å². The van der Waals surface area contributed by atoms with Crippen LogP contribution < -0.4 is 5.32 Å². The first-order chi connectivity index (χ1) is 15.4. The average molecular weight is 489 g/mol. The summed E-state index contributed by atoms with van der Waals surface area (Å²) in [5.41, 5.74) is 2.12. The molecule has 0 bridgehead atoms. The molecule has 0 radical (unpaired) electrons. The fraction of sp³-hybridized carbons (Fsp3) is 0.318. The van der Waals surface area contributed by atoms with Crippen LogP contribution in [0.5, 0.6) is 0 Å². The van der Waals surface area contributed by atoms with Crippen molar-refractivity contribution in [2.24, 2.45) is 5.92 Å². The minimum absolute atomic E-state index is 0.141. The minimum atomic E-state index is -3.55. The summed E-state index contributed by atoms with van der Waals surface area (Å²) in [5.74, 6) is -0.398. The van der Waals surface area contributed by atoms with Crippen LogP contribution in [0.2, 0.25) is 0 Å². The molecule has 0 saturated carbocycles. The van der Waals surface area contributed by atoms with Crippen LogP contribution in [-0.4, -0.2) is 48.2 Å². The highest BCUT2D eigenvalue weighted by atomic mass is 32.2. The molecule has 1 aromatic heterocycles. The Bertz CT molecular complexity index is 1180. The van der Waals surface area contributed by atoms with Gasteiger partial charge in [0.15, 0.2) is 0 Å². The Labute approximate surface area is 196 Å². The normalized spacial score (nSPS) is 15.6. The molecule has 168 valence electrons. The maximum atomic E-state index is 12.9. The lowest BCUT2D eigenvalue weighted by atomic mass is 9.97. The number of hydrogen-bond donors (Lipinski definition) is 1. The van der Waals surface area contributed by atoms with E-state index in [-0.39, 0.29) is 16.7 Å². The Morgan fingerprint density at radius 2 is 1.72 bits per heavy atom. The maximum Gasteiger partial charge on any atom is 0.243 e. The van der Waals surface area contributed by atoms with Gasteiger partial charge in [0.1, 0.15) is 5.01 Å². The third-order valence-corrected chi connectivity index (χ3v) is 9.02. The standard InChI is InChI=1S/C22H24N4O3S3/c1-15-3-5-17(6-4-15)21-24-25-22(31-21)23-20(27)16-11-13-26(14-12-16)32(28,29)19-9-7-18(30-2)8-10-19/h3-10,16H,11-14H2,1-2H3,(H,23,25,27). The van der Waals surface area contributed by atoms with Gasteiger partial charge in [-0.3, -0.25) is 4.79 Å². The molecule has 1 fully saturated rings. The van der Waals surface area contributed by atoms with E-state index in [1.165, 1.54) is 15.6 Å². The molecule has 0 atom stereocenters. The van der Waals surface area contributed by atoms with Crippen LogP contribution >= 0.6 is 23.1 Å². The van der Waals surface area contributed by atoms with Crippen molar-refractivity contribution in [1.29, 1.82) is 0 Å². The second-order valence-electron chi connectivity index (χ2n) is 7.62. The van der Waals surface area contributed by atoms with Gasteiger partial charge in [-0.1, -0.05) is 41.2 Å². The Hall–Kier alpha value is -2.27. The van der Waals surface area contributed by atoms with E-state index in [4.69, 9.17) is 0 Å². The number of amides is 1. The Morgan fingerprint density at radius 3 is 2.34 bits per heavy atom. The lowest BCUT2D eigenvalue weighted by Gasteiger charge is -2.30. The maximum absolute atomic E-state index is 12.9. The van der Waals surface area contributed by atoms with E-state index >= 15 is 0 Å². The number of nitrogens with one attached hydrogen (secondary N) is 1. The van der Waals surface area contributed by atoms with Crippen molar-refractivity contribution in [2.45, 2.75) is 29.6 Å². The lowest BCUT2D eigenvalue weighted by Crippen LogP contribution is -2.41. The van der Waals surface area contributed by atoms with Crippen molar-refractivity contribution in [3.05, 3.63) is 54.1 Å². The molecule has 2 heterocycles. The second-order valence-corrected chi connectivity index (χ2v) is 11.4. The molecular weight excluding hydrogens is 464 g/mol. The lowest BCUT2D eigenvalue weighted by molar-refractivity contribution is -0.120. The first-order valence-corrected chi connectivity index (χ1v) is 13.7. The molecule has 0 unspecified atom stereocenters. The van der Waals surface area contributed by atoms with Gasteiger partial charge in [-0.2, -0.15) is 4.31 Å². The molecule has 3 aromatic rings. The number of benzene rings is 2. The third kappa shape index (κ3) is 5.03. The van der Waals surface area contributed by atoms with Gasteiger partial charge >= 0.3 is 0 Å². The molecule has 32 heavy (non-hydrogen) atoms. The molecule has 4 rings (SSSR count). The number of rotatable bonds is 6. The van der Waals surface area contributed by atoms with Gasteiger partial charge in [-0.05, 0) is 50.3 Å². The van der Waals surface area contributed by atoms with Crippen LogP contribution in [0.1, 0.15) is 18.4 Å². The predicted octanol–water partition coefficient (Wildman–Crippen LogP) is 4.27. The zero-order valence-electron chi connectivity index (χ0n) is 17.8. The largest absolute Gasteiger partial charge is 0.300 e. The SMILES string of the molecule is CSc1ccc(S(=O)(=O)N2CCC(C(=O)Nc3nnc(-c4ccc(C)cc4)s3)CC2)cc1. The van der Waals surface area contributed by atoms with Gasteiger partial charge in [0.25, 0.3) is 0 Å². The molecule has 7 nitrogen and oxygen atoms in total. The van der Waals surface area contributed by atoms with Crippen molar-refractivity contribution in [3.8, 4) is 10.6 Å². The quantitative estimate of drug-likeness (QED) is 0.521. The number of aryl methyl sites for hydroxylation is 1. The summed E-state index contributed by atoms with van der Waals surface area (Å²) in [6.07, 6.45) is 2.89. The zero-order chi connectivity index (χ0) is 22.7. The number of carbonyl (C=O) groups is 1. The highest BCUT2D eigenvalue weighted by Gasteiger charge is 2.32. The summed E-state index contributed by atoms with van der Waals surface area (Å²) in [5, 5.41) is 12.3. The number of aromatic nitrogens is 2. The number of thioether (sulfide) groups is 1. The second kappa shape index (κ2) is 9.70. The topological polar surface area (TPSA) is 92.3 Å². The van der Waals surface area contributed by atoms with E-state index in [1.807, 2.05) is 49.6 Å². The van der Waals surface area contributed by atoms with Crippen LogP contribution in [0, 0.1) is 12.8 Å². The van der Waals surface area contributed by atoms with E-state index < -0.39 is 10.0 Å².